The number of ether oxygens (including phenoxy) is 1. The highest BCUT2D eigenvalue weighted by Gasteiger charge is 2.44. The van der Waals surface area contributed by atoms with E-state index in [9.17, 15) is 13.2 Å². The van der Waals surface area contributed by atoms with Crippen LogP contribution >= 0.6 is 0 Å². The van der Waals surface area contributed by atoms with E-state index in [-0.39, 0.29) is 18.1 Å². The Balaban J connectivity index is 1.72. The number of benzene rings is 1. The summed E-state index contributed by atoms with van der Waals surface area (Å²) in [6.45, 7) is 0. The molecule has 2 fully saturated rings. The summed E-state index contributed by atoms with van der Waals surface area (Å²) in [5.41, 5.74) is 2.81. The molecule has 4 unspecified atom stereocenters. The Morgan fingerprint density at radius 1 is 1.33 bits per heavy atom. The topological polar surface area (TPSA) is 47.3 Å². The molecule has 3 N–H and O–H groups in total. The molecule has 0 saturated carbocycles. The second-order valence-corrected chi connectivity index (χ2v) is 5.95. The first-order valence-electron chi connectivity index (χ1n) is 7.25. The van der Waals surface area contributed by atoms with Crippen LogP contribution in [0, 0.1) is 5.92 Å². The Labute approximate surface area is 121 Å². The Bertz CT molecular complexity index is 506. The minimum atomic E-state index is -4.31. The van der Waals surface area contributed by atoms with Crippen molar-refractivity contribution in [1.29, 1.82) is 0 Å². The Morgan fingerprint density at radius 3 is 2.71 bits per heavy atom. The summed E-state index contributed by atoms with van der Waals surface area (Å²) in [6, 6.07) is 5.41. The van der Waals surface area contributed by atoms with Gasteiger partial charge in [0.2, 0.25) is 0 Å². The van der Waals surface area contributed by atoms with Crippen molar-refractivity contribution in [3.05, 3.63) is 35.4 Å². The van der Waals surface area contributed by atoms with Crippen LogP contribution < -0.4 is 11.3 Å². The van der Waals surface area contributed by atoms with Gasteiger partial charge in [-0.15, -0.1) is 0 Å². The highest BCUT2D eigenvalue weighted by molar-refractivity contribution is 5.26. The highest BCUT2D eigenvalue weighted by atomic mass is 19.4. The van der Waals surface area contributed by atoms with Crippen LogP contribution in [0.25, 0.3) is 0 Å². The Kier molecular flexibility index (Phi) is 3.94. The smallest absolute Gasteiger partial charge is 0.375 e. The van der Waals surface area contributed by atoms with Gasteiger partial charge in [0.15, 0.2) is 0 Å². The van der Waals surface area contributed by atoms with Gasteiger partial charge in [-0.05, 0) is 37.3 Å². The first-order valence-corrected chi connectivity index (χ1v) is 7.25. The minimum Gasteiger partial charge on any atom is -0.375 e. The van der Waals surface area contributed by atoms with Crippen LogP contribution in [0.1, 0.15) is 30.4 Å². The lowest BCUT2D eigenvalue weighted by Gasteiger charge is -2.28. The van der Waals surface area contributed by atoms with Gasteiger partial charge in [0.1, 0.15) is 0 Å². The van der Waals surface area contributed by atoms with Crippen LogP contribution in [-0.2, 0) is 17.3 Å². The molecule has 2 bridgehead atoms. The maximum Gasteiger partial charge on any atom is 0.416 e. The van der Waals surface area contributed by atoms with E-state index in [1.165, 1.54) is 12.1 Å². The number of hydrogen-bond donors (Lipinski definition) is 2. The quantitative estimate of drug-likeness (QED) is 0.664. The number of rotatable bonds is 4. The van der Waals surface area contributed by atoms with Gasteiger partial charge in [-0.25, -0.2) is 0 Å². The zero-order chi connectivity index (χ0) is 15.0. The van der Waals surface area contributed by atoms with Crippen LogP contribution in [0.15, 0.2) is 24.3 Å². The van der Waals surface area contributed by atoms with E-state index in [4.69, 9.17) is 10.6 Å². The van der Waals surface area contributed by atoms with E-state index in [1.807, 2.05) is 0 Å². The third-order valence-corrected chi connectivity index (χ3v) is 4.59. The summed E-state index contributed by atoms with van der Waals surface area (Å²) in [4.78, 5) is 0. The molecule has 116 valence electrons. The van der Waals surface area contributed by atoms with Crippen molar-refractivity contribution in [3.8, 4) is 0 Å². The lowest BCUT2D eigenvalue weighted by atomic mass is 9.81. The molecule has 0 spiro atoms. The summed E-state index contributed by atoms with van der Waals surface area (Å²) in [5, 5.41) is 0. The molecule has 3 nitrogen and oxygen atoms in total. The summed E-state index contributed by atoms with van der Waals surface area (Å²) in [5.74, 6) is 5.91. The van der Waals surface area contributed by atoms with Crippen LogP contribution in [-0.4, -0.2) is 18.2 Å². The van der Waals surface area contributed by atoms with Crippen LogP contribution in [0.5, 0.6) is 0 Å². The molecular weight excluding hydrogens is 281 g/mol. The van der Waals surface area contributed by atoms with Crippen molar-refractivity contribution in [1.82, 2.24) is 5.43 Å². The highest BCUT2D eigenvalue weighted by Crippen LogP contribution is 2.41. The second-order valence-electron chi connectivity index (χ2n) is 5.95. The Morgan fingerprint density at radius 2 is 2.14 bits per heavy atom. The molecular formula is C15H19F3N2O. The molecule has 0 amide bonds. The molecule has 0 radical (unpaired) electrons. The molecule has 2 aliphatic rings. The minimum absolute atomic E-state index is 0.0521. The van der Waals surface area contributed by atoms with E-state index in [0.717, 1.165) is 25.3 Å². The van der Waals surface area contributed by atoms with Gasteiger partial charge in [0.25, 0.3) is 0 Å². The molecule has 3 rings (SSSR count). The van der Waals surface area contributed by atoms with Crippen LogP contribution in [0.3, 0.4) is 0 Å². The van der Waals surface area contributed by atoms with Gasteiger partial charge in [0, 0.05) is 12.0 Å². The number of fused-ring (bicyclic) bond motifs is 2. The normalized spacial score (nSPS) is 29.8. The van der Waals surface area contributed by atoms with Gasteiger partial charge in [-0.3, -0.25) is 11.3 Å². The summed E-state index contributed by atoms with van der Waals surface area (Å²) in [7, 11) is 0. The maximum absolute atomic E-state index is 12.8. The van der Waals surface area contributed by atoms with Crippen LogP contribution in [0.2, 0.25) is 0 Å². The third kappa shape index (κ3) is 3.07. The van der Waals surface area contributed by atoms with Crippen LogP contribution in [0.4, 0.5) is 13.2 Å². The number of hydrazine groups is 1. The standard InChI is InChI=1S/C15H19F3N2O/c16-15(17,18)10-3-1-2-9(6-10)7-13(20-19)12-8-11-4-5-14(12)21-11/h1-3,6,11-14,20H,4-5,7-8,19H2. The average Bonchev–Trinajstić information content (AvgIpc) is 3.07. The van der Waals surface area contributed by atoms with E-state index >= 15 is 0 Å². The molecule has 6 heteroatoms. The van der Waals surface area contributed by atoms with E-state index in [2.05, 4.69) is 5.43 Å². The summed E-state index contributed by atoms with van der Waals surface area (Å²) < 4.78 is 44.1. The first kappa shape index (κ1) is 14.8. The van der Waals surface area contributed by atoms with Crippen molar-refractivity contribution in [2.45, 2.75) is 50.1 Å². The number of halogens is 3. The molecule has 2 aliphatic heterocycles. The molecule has 2 heterocycles. The average molecular weight is 300 g/mol. The number of hydrogen-bond acceptors (Lipinski definition) is 3. The van der Waals surface area contributed by atoms with Crippen molar-refractivity contribution >= 4 is 0 Å². The number of nitrogens with one attached hydrogen (secondary N) is 1. The molecule has 0 aliphatic carbocycles. The molecule has 21 heavy (non-hydrogen) atoms. The molecule has 1 aromatic carbocycles. The van der Waals surface area contributed by atoms with Crippen molar-refractivity contribution in [3.63, 3.8) is 0 Å². The fourth-order valence-electron chi connectivity index (χ4n) is 3.56. The van der Waals surface area contributed by atoms with E-state index in [0.29, 0.717) is 18.1 Å². The van der Waals surface area contributed by atoms with Gasteiger partial charge in [-0.2, -0.15) is 13.2 Å². The molecule has 2 saturated heterocycles. The molecule has 4 atom stereocenters. The number of nitrogens with two attached hydrogens (primary N) is 1. The third-order valence-electron chi connectivity index (χ3n) is 4.59. The van der Waals surface area contributed by atoms with E-state index < -0.39 is 11.7 Å². The SMILES string of the molecule is NNC(Cc1cccc(C(F)(F)F)c1)C1CC2CCC1O2. The Hall–Kier alpha value is -1.11. The lowest BCUT2D eigenvalue weighted by Crippen LogP contribution is -2.45. The predicted octanol–water partition coefficient (Wildman–Crippen LogP) is 2.65. The maximum atomic E-state index is 12.8. The zero-order valence-electron chi connectivity index (χ0n) is 11.6. The zero-order valence-corrected chi connectivity index (χ0v) is 11.6. The van der Waals surface area contributed by atoms with Crippen molar-refractivity contribution < 1.29 is 17.9 Å². The predicted molar refractivity (Wildman–Crippen MR) is 72.3 cm³/mol. The fraction of sp³-hybridized carbons (Fsp3) is 0.600. The number of alkyl halides is 3. The summed E-state index contributed by atoms with van der Waals surface area (Å²) >= 11 is 0. The fourth-order valence-corrected chi connectivity index (χ4v) is 3.56. The van der Waals surface area contributed by atoms with Crippen molar-refractivity contribution in [2.24, 2.45) is 11.8 Å². The monoisotopic (exact) mass is 300 g/mol. The molecule has 1 aromatic rings. The largest absolute Gasteiger partial charge is 0.416 e. The van der Waals surface area contributed by atoms with Gasteiger partial charge in [-0.1, -0.05) is 18.2 Å². The first-order chi connectivity index (χ1) is 9.97. The summed E-state index contributed by atoms with van der Waals surface area (Å²) in [6.07, 6.45) is -0.273. The molecule has 0 aromatic heterocycles. The van der Waals surface area contributed by atoms with Crippen molar-refractivity contribution in [2.75, 3.05) is 0 Å². The van der Waals surface area contributed by atoms with Gasteiger partial charge in [0.05, 0.1) is 17.8 Å². The second kappa shape index (κ2) is 5.59. The van der Waals surface area contributed by atoms with Gasteiger partial charge < -0.3 is 4.74 Å². The lowest BCUT2D eigenvalue weighted by molar-refractivity contribution is -0.137. The van der Waals surface area contributed by atoms with Gasteiger partial charge >= 0.3 is 6.18 Å². The van der Waals surface area contributed by atoms with E-state index in [1.54, 1.807) is 6.07 Å².